The van der Waals surface area contributed by atoms with Crippen LogP contribution >= 0.6 is 11.3 Å². The van der Waals surface area contributed by atoms with E-state index in [9.17, 15) is 0 Å². The van der Waals surface area contributed by atoms with E-state index in [1.54, 1.807) is 4.88 Å². The minimum Gasteiger partial charge on any atom is -0.309 e. The fraction of sp³-hybridized carbons (Fsp3) is 0.765. The van der Waals surface area contributed by atoms with Gasteiger partial charge in [0.2, 0.25) is 0 Å². The Bertz CT molecular complexity index is 428. The first-order chi connectivity index (χ1) is 9.69. The van der Waals surface area contributed by atoms with Crippen LogP contribution in [-0.2, 0) is 0 Å². The number of nitrogens with zero attached hydrogens (tertiary/aromatic N) is 1. The zero-order valence-corrected chi connectivity index (χ0v) is 13.9. The van der Waals surface area contributed by atoms with Crippen molar-refractivity contribution in [2.75, 3.05) is 13.6 Å². The van der Waals surface area contributed by atoms with Crippen molar-refractivity contribution >= 4 is 11.3 Å². The molecule has 3 atom stereocenters. The Morgan fingerprint density at radius 1 is 1.30 bits per heavy atom. The van der Waals surface area contributed by atoms with Crippen molar-refractivity contribution in [1.82, 2.24) is 10.2 Å². The van der Waals surface area contributed by atoms with Crippen molar-refractivity contribution < 1.29 is 0 Å². The molecule has 2 aliphatic heterocycles. The van der Waals surface area contributed by atoms with Gasteiger partial charge in [-0.2, -0.15) is 0 Å². The number of hydrogen-bond donors (Lipinski definition) is 1. The predicted octanol–water partition coefficient (Wildman–Crippen LogP) is 3.97. The molecule has 3 unspecified atom stereocenters. The molecule has 1 aromatic rings. The molecule has 112 valence electrons. The Morgan fingerprint density at radius 2 is 2.00 bits per heavy atom. The largest absolute Gasteiger partial charge is 0.309 e. The average molecular weight is 292 g/mol. The second-order valence-corrected chi connectivity index (χ2v) is 7.98. The molecule has 3 rings (SSSR count). The number of rotatable bonds is 5. The molecule has 2 aliphatic rings. The zero-order chi connectivity index (χ0) is 14.1. The summed E-state index contributed by atoms with van der Waals surface area (Å²) in [5, 5.41) is 3.84. The highest BCUT2D eigenvalue weighted by Gasteiger charge is 2.41. The fourth-order valence-electron chi connectivity index (χ4n) is 4.15. The summed E-state index contributed by atoms with van der Waals surface area (Å²) in [6.45, 7) is 5.63. The van der Waals surface area contributed by atoms with Crippen LogP contribution in [0.25, 0.3) is 0 Å². The third-order valence-electron chi connectivity index (χ3n) is 5.29. The maximum absolute atomic E-state index is 3.84. The van der Waals surface area contributed by atoms with Crippen LogP contribution in [0.5, 0.6) is 0 Å². The molecular weight excluding hydrogens is 264 g/mol. The molecule has 1 aromatic heterocycles. The number of piperidine rings is 1. The Kier molecular flexibility index (Phi) is 4.49. The monoisotopic (exact) mass is 292 g/mol. The lowest BCUT2D eigenvalue weighted by molar-refractivity contribution is 0.113. The molecule has 3 heterocycles. The fourth-order valence-corrected chi connectivity index (χ4v) is 5.19. The standard InChI is InChI=1S/C17H28N2S/c1-4-9-18-17(16-8-5-12(2)20-16)13-10-14-6-7-15(11-13)19(14)3/h5,8,13-15,17-18H,4,6-7,9-11H2,1-3H3. The van der Waals surface area contributed by atoms with Gasteiger partial charge in [-0.05, 0) is 70.7 Å². The molecule has 2 saturated heterocycles. The normalized spacial score (nSPS) is 31.6. The van der Waals surface area contributed by atoms with Crippen LogP contribution in [-0.4, -0.2) is 30.6 Å². The third kappa shape index (κ3) is 2.81. The summed E-state index contributed by atoms with van der Waals surface area (Å²) in [5.41, 5.74) is 0. The van der Waals surface area contributed by atoms with E-state index in [0.29, 0.717) is 6.04 Å². The van der Waals surface area contributed by atoms with Crippen molar-refractivity contribution in [2.45, 2.75) is 64.1 Å². The summed E-state index contributed by atoms with van der Waals surface area (Å²) in [6.07, 6.45) is 6.82. The van der Waals surface area contributed by atoms with Crippen LogP contribution in [0.1, 0.15) is 54.8 Å². The summed E-state index contributed by atoms with van der Waals surface area (Å²) in [7, 11) is 2.34. The highest BCUT2D eigenvalue weighted by molar-refractivity contribution is 7.12. The predicted molar refractivity (Wildman–Crippen MR) is 87.4 cm³/mol. The molecule has 2 bridgehead atoms. The van der Waals surface area contributed by atoms with E-state index in [1.165, 1.54) is 37.0 Å². The van der Waals surface area contributed by atoms with Crippen molar-refractivity contribution in [3.05, 3.63) is 21.9 Å². The van der Waals surface area contributed by atoms with Crippen LogP contribution in [0.3, 0.4) is 0 Å². The topological polar surface area (TPSA) is 15.3 Å². The SMILES string of the molecule is CCCNC(c1ccc(C)s1)C1CC2CCC(C1)N2C. The second kappa shape index (κ2) is 6.17. The van der Waals surface area contributed by atoms with E-state index >= 15 is 0 Å². The van der Waals surface area contributed by atoms with Gasteiger partial charge in [0.05, 0.1) is 0 Å². The van der Waals surface area contributed by atoms with Crippen LogP contribution in [0.4, 0.5) is 0 Å². The first-order valence-corrected chi connectivity index (χ1v) is 9.02. The average Bonchev–Trinajstić information content (AvgIpc) is 2.91. The number of aryl methyl sites for hydroxylation is 1. The number of hydrogen-bond acceptors (Lipinski definition) is 3. The molecule has 1 N–H and O–H groups in total. The number of fused-ring (bicyclic) bond motifs is 2. The molecular formula is C17H28N2S. The minimum absolute atomic E-state index is 0.588. The number of nitrogens with one attached hydrogen (secondary N) is 1. The number of thiophene rings is 1. The third-order valence-corrected chi connectivity index (χ3v) is 6.37. The minimum atomic E-state index is 0.588. The second-order valence-electron chi connectivity index (χ2n) is 6.66. The van der Waals surface area contributed by atoms with E-state index in [1.807, 2.05) is 11.3 Å². The van der Waals surface area contributed by atoms with Crippen molar-refractivity contribution in [2.24, 2.45) is 5.92 Å². The van der Waals surface area contributed by atoms with Crippen LogP contribution in [0.2, 0.25) is 0 Å². The van der Waals surface area contributed by atoms with Gasteiger partial charge in [-0.15, -0.1) is 11.3 Å². The van der Waals surface area contributed by atoms with Crippen LogP contribution < -0.4 is 5.32 Å². The van der Waals surface area contributed by atoms with Gasteiger partial charge < -0.3 is 10.2 Å². The Labute approximate surface area is 127 Å². The maximum atomic E-state index is 3.84. The molecule has 3 heteroatoms. The van der Waals surface area contributed by atoms with Gasteiger partial charge in [-0.1, -0.05) is 6.92 Å². The highest BCUT2D eigenvalue weighted by atomic mass is 32.1. The highest BCUT2D eigenvalue weighted by Crippen LogP contribution is 2.43. The quantitative estimate of drug-likeness (QED) is 0.883. The van der Waals surface area contributed by atoms with Gasteiger partial charge in [0.1, 0.15) is 0 Å². The summed E-state index contributed by atoms with van der Waals surface area (Å²) in [5.74, 6) is 0.827. The van der Waals surface area contributed by atoms with Crippen molar-refractivity contribution in [3.8, 4) is 0 Å². The smallest absolute Gasteiger partial charge is 0.0444 e. The maximum Gasteiger partial charge on any atom is 0.0444 e. The van der Waals surface area contributed by atoms with Gasteiger partial charge in [0.15, 0.2) is 0 Å². The molecule has 20 heavy (non-hydrogen) atoms. The lowest BCUT2D eigenvalue weighted by Crippen LogP contribution is -2.43. The molecule has 2 fully saturated rings. The van der Waals surface area contributed by atoms with E-state index in [4.69, 9.17) is 0 Å². The summed E-state index contributed by atoms with van der Waals surface area (Å²) in [6, 6.07) is 6.90. The van der Waals surface area contributed by atoms with Gasteiger partial charge in [0, 0.05) is 27.9 Å². The van der Waals surface area contributed by atoms with E-state index < -0.39 is 0 Å². The Hall–Kier alpha value is -0.380. The van der Waals surface area contributed by atoms with Crippen molar-refractivity contribution in [1.29, 1.82) is 0 Å². The van der Waals surface area contributed by atoms with Crippen LogP contribution in [0, 0.1) is 12.8 Å². The lowest BCUT2D eigenvalue weighted by Gasteiger charge is -2.40. The van der Waals surface area contributed by atoms with E-state index in [0.717, 1.165) is 24.5 Å². The summed E-state index contributed by atoms with van der Waals surface area (Å²) >= 11 is 1.99. The molecule has 0 saturated carbocycles. The molecule has 0 aliphatic carbocycles. The van der Waals surface area contributed by atoms with Crippen molar-refractivity contribution in [3.63, 3.8) is 0 Å². The Morgan fingerprint density at radius 3 is 2.55 bits per heavy atom. The van der Waals surface area contributed by atoms with Gasteiger partial charge in [-0.3, -0.25) is 0 Å². The molecule has 2 nitrogen and oxygen atoms in total. The summed E-state index contributed by atoms with van der Waals surface area (Å²) < 4.78 is 0. The van der Waals surface area contributed by atoms with Crippen LogP contribution in [0.15, 0.2) is 12.1 Å². The first kappa shape index (κ1) is 14.6. The Balaban J connectivity index is 1.76. The molecule has 0 radical (unpaired) electrons. The zero-order valence-electron chi connectivity index (χ0n) is 13.1. The van der Waals surface area contributed by atoms with Gasteiger partial charge in [0.25, 0.3) is 0 Å². The lowest BCUT2D eigenvalue weighted by atomic mass is 9.84. The molecule has 0 spiro atoms. The summed E-state index contributed by atoms with van der Waals surface area (Å²) in [4.78, 5) is 5.65. The van der Waals surface area contributed by atoms with Gasteiger partial charge in [-0.25, -0.2) is 0 Å². The van der Waals surface area contributed by atoms with E-state index in [2.05, 4.69) is 43.2 Å². The molecule has 0 amide bonds. The first-order valence-electron chi connectivity index (χ1n) is 8.20. The van der Waals surface area contributed by atoms with Gasteiger partial charge >= 0.3 is 0 Å². The molecule has 0 aromatic carbocycles. The van der Waals surface area contributed by atoms with E-state index in [-0.39, 0.29) is 0 Å².